The molecule has 0 spiro atoms. The third-order valence-electron chi connectivity index (χ3n) is 1.32. The molecule has 0 saturated carbocycles. The predicted molar refractivity (Wildman–Crippen MR) is 42.7 cm³/mol. The molecule has 0 saturated heterocycles. The Kier molecular flexibility index (Phi) is 745. The maximum absolute atomic E-state index is 3.77. The number of hydrogen-bond acceptors (Lipinski definition) is 0. The molecule has 0 fully saturated rings. The molecular weight excluding hydrogens is 1980 g/mol. The van der Waals surface area contributed by atoms with Crippen molar-refractivity contribution in [2.24, 2.45) is 0 Å². The molecule has 0 aromatic carbocycles. The summed E-state index contributed by atoms with van der Waals surface area (Å²) < 4.78 is 0. The molecule has 20 radical (unpaired) electrons. The third-order valence-corrected chi connectivity index (χ3v) is 1.32. The van der Waals surface area contributed by atoms with E-state index in [0.29, 0.717) is 0 Å². The molecule has 0 nitrogen and oxygen atoms in total. The summed E-state index contributed by atoms with van der Waals surface area (Å²) in [5.74, 6) is 0. The molecule has 0 N–H and O–H groups in total. The van der Waals surface area contributed by atoms with Crippen molar-refractivity contribution in [2.45, 2.75) is 38.5 Å². The van der Waals surface area contributed by atoms with Crippen molar-refractivity contribution >= 4 is 0 Å². The summed E-state index contributed by atoms with van der Waals surface area (Å²) in [7, 11) is 0. The normalized spacial score (nSPS) is 3.00. The van der Waals surface area contributed by atoms with Gasteiger partial charge in [-0.15, -0.1) is 12.8 Å². The summed E-state index contributed by atoms with van der Waals surface area (Å²) >= 11 is 0. The first-order chi connectivity index (χ1) is 4.41. The van der Waals surface area contributed by atoms with Gasteiger partial charge in [-0.3, -0.25) is 0 Å². The second-order valence-corrected chi connectivity index (χ2v) is 2.28. The zero-order chi connectivity index (χ0) is 6.95. The molecule has 0 aromatic heterocycles. The first kappa shape index (κ1) is 149. The summed E-state index contributed by atoms with van der Waals surface area (Å²) in [5, 5.41) is 0. The van der Waals surface area contributed by atoms with E-state index in [1.807, 2.05) is 0 Å². The summed E-state index contributed by atoms with van der Waals surface area (Å²) in [6.45, 7) is 7.54. The Morgan fingerprint density at radius 1 is 0.333 bits per heavy atom. The van der Waals surface area contributed by atoms with Gasteiger partial charge in [-0.2, -0.15) is 25.7 Å². The van der Waals surface area contributed by atoms with Gasteiger partial charge in [0.05, 0.1) is 0 Å². The molecular formula is C9H17Y21. The van der Waals surface area contributed by atoms with Gasteiger partial charge >= 0.3 is 32.7 Å². The standard InChI is InChI=1S/C9H17.21Y/c1-3-5-7-9-8-6-4-2;;;;;;;;;;;;;;;;;;;;;/h9H,1-8H2;;;;;;;;;;;;;;;;;;;;;/q-3;;;;;;;;;;;;;;;;;;;;;+3. The Balaban J connectivity index is -0.00000000152. The average Bonchev–Trinajstić information content (AvgIpc) is 1.89. The second-order valence-electron chi connectivity index (χ2n) is 2.28. The van der Waals surface area contributed by atoms with E-state index >= 15 is 0 Å². The summed E-state index contributed by atoms with van der Waals surface area (Å²) in [6.07, 6.45) is 9.46. The monoisotopic (exact) mass is 1990 g/mol. The van der Waals surface area contributed by atoms with E-state index in [1.54, 1.807) is 0 Å². The number of unbranched alkanes of at least 4 members (excludes halogenated alkanes) is 6. The quantitative estimate of drug-likeness (QED) is 0.284. The minimum absolute atomic E-state index is 0. The molecule has 0 rings (SSSR count). The Hall–Kier alpha value is 23.2. The van der Waals surface area contributed by atoms with Crippen molar-refractivity contribution in [1.82, 2.24) is 0 Å². The minimum atomic E-state index is 0. The molecule has 0 aliphatic heterocycles. The van der Waals surface area contributed by atoms with Crippen molar-refractivity contribution in [1.29, 1.82) is 0 Å². The van der Waals surface area contributed by atoms with Crippen LogP contribution in [0.3, 0.4) is 0 Å². The first-order valence-corrected chi connectivity index (χ1v) is 3.82. The molecule has 21 heteroatoms. The Morgan fingerprint density at radius 3 is 0.567 bits per heavy atom. The molecule has 0 heterocycles. The minimum Gasteiger partial charge on any atom is -0.343 e. The molecule has 30 heavy (non-hydrogen) atoms. The summed E-state index contributed by atoms with van der Waals surface area (Å²) in [6, 6.07) is 0. The Morgan fingerprint density at radius 2 is 0.467 bits per heavy atom. The maximum atomic E-state index is 3.77. The Bertz CT molecular complexity index is 59.7. The van der Waals surface area contributed by atoms with E-state index < -0.39 is 0 Å². The molecule has 0 aliphatic rings. The van der Waals surface area contributed by atoms with Crippen molar-refractivity contribution < 1.29 is 687 Å². The average molecular weight is 1990 g/mol. The molecule has 116 valence electrons. The van der Waals surface area contributed by atoms with Crippen LogP contribution < -0.4 is 0 Å². The molecule has 0 aromatic rings. The van der Waals surface area contributed by atoms with E-state index in [4.69, 9.17) is 0 Å². The summed E-state index contributed by atoms with van der Waals surface area (Å²) in [4.78, 5) is 0. The van der Waals surface area contributed by atoms with Gasteiger partial charge in [0.25, 0.3) is 0 Å². The molecule has 0 aliphatic carbocycles. The van der Waals surface area contributed by atoms with Gasteiger partial charge in [-0.25, -0.2) is 0 Å². The van der Waals surface area contributed by atoms with Crippen LogP contribution in [0.1, 0.15) is 38.5 Å². The first-order valence-electron chi connectivity index (χ1n) is 3.82. The predicted octanol–water partition coefficient (Wildman–Crippen LogP) is 3.15. The van der Waals surface area contributed by atoms with E-state index in [-0.39, 0.29) is 687 Å². The van der Waals surface area contributed by atoms with Gasteiger partial charge in [0.15, 0.2) is 0 Å². The zero-order valence-corrected chi connectivity index (χ0v) is 78.0. The Labute approximate surface area is 719 Å². The van der Waals surface area contributed by atoms with Crippen LogP contribution in [0.25, 0.3) is 0 Å². The topological polar surface area (TPSA) is 0 Å². The van der Waals surface area contributed by atoms with Crippen LogP contribution in [0, 0.1) is 20.3 Å². The van der Waals surface area contributed by atoms with Crippen LogP contribution >= 0.6 is 0 Å². The number of hydrogen-bond donors (Lipinski definition) is 0. The van der Waals surface area contributed by atoms with Gasteiger partial charge in [0.1, 0.15) is 0 Å². The summed E-state index contributed by atoms with van der Waals surface area (Å²) in [5.41, 5.74) is 0. The van der Waals surface area contributed by atoms with E-state index in [1.165, 1.54) is 25.7 Å². The molecule has 0 unspecified atom stereocenters. The molecule has 0 amide bonds. The van der Waals surface area contributed by atoms with E-state index in [9.17, 15) is 0 Å². The fourth-order valence-electron chi connectivity index (χ4n) is 0.722. The SMILES string of the molecule is [CH2-]CCC[CH-]CCC[CH2-].[Y+3].[Y].[Y].[Y].[Y].[Y].[Y].[Y].[Y].[Y].[Y].[Y].[Y].[Y].[Y].[Y].[Y].[Y].[Y].[Y].[Y]. The second kappa shape index (κ2) is 150. The largest absolute Gasteiger partial charge is 3.00 e. The van der Waals surface area contributed by atoms with Crippen LogP contribution in [0.15, 0.2) is 0 Å². The van der Waals surface area contributed by atoms with Gasteiger partial charge in [0.2, 0.25) is 0 Å². The smallest absolute Gasteiger partial charge is 0.343 e. The maximum Gasteiger partial charge on any atom is 3.00 e. The van der Waals surface area contributed by atoms with Crippen LogP contribution in [-0.4, -0.2) is 0 Å². The fourth-order valence-corrected chi connectivity index (χ4v) is 0.722. The molecule has 0 bridgehead atoms. The van der Waals surface area contributed by atoms with Crippen LogP contribution in [-0.2, 0) is 687 Å². The molecule has 0 atom stereocenters. The van der Waals surface area contributed by atoms with Crippen molar-refractivity contribution in [3.8, 4) is 0 Å². The van der Waals surface area contributed by atoms with Crippen molar-refractivity contribution in [3.63, 3.8) is 0 Å². The van der Waals surface area contributed by atoms with Crippen molar-refractivity contribution in [2.75, 3.05) is 0 Å². The third kappa shape index (κ3) is 151. The van der Waals surface area contributed by atoms with Crippen LogP contribution in [0.4, 0.5) is 0 Å². The fraction of sp³-hybridized carbons (Fsp3) is 0.667. The van der Waals surface area contributed by atoms with Crippen LogP contribution in [0.5, 0.6) is 0 Å². The van der Waals surface area contributed by atoms with Crippen LogP contribution in [0.2, 0.25) is 0 Å². The van der Waals surface area contributed by atoms with Gasteiger partial charge < -0.3 is 20.3 Å². The van der Waals surface area contributed by atoms with E-state index in [0.717, 1.165) is 12.8 Å². The van der Waals surface area contributed by atoms with Gasteiger partial charge in [0, 0.05) is 654 Å². The van der Waals surface area contributed by atoms with E-state index in [2.05, 4.69) is 20.3 Å². The van der Waals surface area contributed by atoms with Crippen molar-refractivity contribution in [3.05, 3.63) is 20.3 Å². The number of rotatable bonds is 6. The van der Waals surface area contributed by atoms with Gasteiger partial charge in [-0.1, -0.05) is 0 Å². The van der Waals surface area contributed by atoms with Gasteiger partial charge in [-0.05, 0) is 0 Å². The zero-order valence-electron chi connectivity index (χ0n) is 18.4.